The second-order valence-corrected chi connectivity index (χ2v) is 17.7. The van der Waals surface area contributed by atoms with Crippen molar-refractivity contribution in [2.75, 3.05) is 60.0 Å². The zero-order chi connectivity index (χ0) is 49.5. The number of amides is 2. The second kappa shape index (κ2) is 19.5. The molecule has 70 heavy (non-hydrogen) atoms. The Morgan fingerprint density at radius 1 is 0.586 bits per heavy atom. The summed E-state index contributed by atoms with van der Waals surface area (Å²) in [5, 5.41) is 26.6. The summed E-state index contributed by atoms with van der Waals surface area (Å²) < 4.78 is 89.0. The number of hydrogen-bond acceptors (Lipinski definition) is 10. The molecule has 4 N–H and O–H groups in total. The normalized spacial score (nSPS) is 19.6. The van der Waals surface area contributed by atoms with Crippen molar-refractivity contribution < 1.29 is 55.6 Å². The van der Waals surface area contributed by atoms with Gasteiger partial charge in [0.15, 0.2) is 0 Å². The topological polar surface area (TPSA) is 149 Å². The second-order valence-electron chi connectivity index (χ2n) is 17.7. The molecule has 4 aliphatic rings. The molecule has 0 unspecified atom stereocenters. The van der Waals surface area contributed by atoms with Crippen molar-refractivity contribution in [1.29, 1.82) is 0 Å². The number of aryl methyl sites for hydroxylation is 2. The lowest BCUT2D eigenvalue weighted by molar-refractivity contribution is -0.142. The fraction of sp³-hybridized carbons (Fsp3) is 0.308. The van der Waals surface area contributed by atoms with E-state index < -0.39 is 47.8 Å². The molecule has 4 atom stereocenters. The predicted molar refractivity (Wildman–Crippen MR) is 251 cm³/mol. The van der Waals surface area contributed by atoms with Crippen molar-refractivity contribution in [3.8, 4) is 22.3 Å². The minimum Gasteiger partial charge on any atom is -0.388 e. The number of morpholine rings is 2. The summed E-state index contributed by atoms with van der Waals surface area (Å²) in [5.41, 5.74) is 7.67. The summed E-state index contributed by atoms with van der Waals surface area (Å²) in [7, 11) is 0. The van der Waals surface area contributed by atoms with Crippen LogP contribution in [0.1, 0.15) is 79.4 Å². The van der Waals surface area contributed by atoms with Gasteiger partial charge < -0.3 is 40.1 Å². The number of hydrogen-bond donors (Lipinski definition) is 4. The zero-order valence-corrected chi connectivity index (χ0v) is 37.9. The Morgan fingerprint density at radius 2 is 1.00 bits per heavy atom. The van der Waals surface area contributed by atoms with Crippen molar-refractivity contribution in [2.45, 2.75) is 63.3 Å². The number of aromatic nitrogens is 2. The number of ether oxygens (including phenoxy) is 2. The van der Waals surface area contributed by atoms with Crippen LogP contribution in [-0.2, 0) is 21.8 Å². The smallest absolute Gasteiger partial charge is 0.388 e. The number of aliphatic hydroxyl groups excluding tert-OH is 2. The molecular weight excluding hydrogens is 919 g/mol. The summed E-state index contributed by atoms with van der Waals surface area (Å²) in [6.45, 7) is 7.79. The van der Waals surface area contributed by atoms with Gasteiger partial charge in [0.1, 0.15) is 11.4 Å². The van der Waals surface area contributed by atoms with Gasteiger partial charge in [0.05, 0.1) is 50.7 Å². The van der Waals surface area contributed by atoms with E-state index in [0.717, 1.165) is 93.5 Å². The summed E-state index contributed by atoms with van der Waals surface area (Å²) in [6.07, 6.45) is -7.20. The van der Waals surface area contributed by atoms with Gasteiger partial charge in [-0.15, -0.1) is 0 Å². The lowest BCUT2D eigenvalue weighted by Gasteiger charge is -2.43. The number of benzene rings is 4. The molecule has 2 amide bonds. The summed E-state index contributed by atoms with van der Waals surface area (Å²) in [4.78, 5) is 36.5. The molecule has 10 rings (SSSR count). The van der Waals surface area contributed by atoms with E-state index in [1.54, 1.807) is 24.3 Å². The van der Waals surface area contributed by atoms with Crippen molar-refractivity contribution in [3.63, 3.8) is 0 Å². The first-order valence-corrected chi connectivity index (χ1v) is 22.7. The number of carbonyl (C=O) groups is 2. The van der Waals surface area contributed by atoms with Gasteiger partial charge >= 0.3 is 12.4 Å². The minimum atomic E-state index is -4.63. The Labute approximate surface area is 398 Å². The van der Waals surface area contributed by atoms with Crippen LogP contribution in [0, 0.1) is 13.8 Å². The number of anilines is 4. The number of rotatable bonds is 6. The highest BCUT2D eigenvalue weighted by Gasteiger charge is 2.37. The highest BCUT2D eigenvalue weighted by atomic mass is 19.4. The van der Waals surface area contributed by atoms with Crippen LogP contribution in [-0.4, -0.2) is 83.6 Å². The molecule has 2 saturated heterocycles. The molecule has 0 bridgehead atoms. The summed E-state index contributed by atoms with van der Waals surface area (Å²) >= 11 is 0. The van der Waals surface area contributed by atoms with Crippen molar-refractivity contribution in [1.82, 2.24) is 9.97 Å². The van der Waals surface area contributed by atoms with E-state index in [1.165, 1.54) is 12.1 Å². The molecule has 0 radical (unpaired) electrons. The van der Waals surface area contributed by atoms with Crippen molar-refractivity contribution in [3.05, 3.63) is 154 Å². The molecule has 0 spiro atoms. The van der Waals surface area contributed by atoms with E-state index in [0.29, 0.717) is 50.6 Å². The number of nitrogens with zero attached hydrogens (tertiary/aromatic N) is 4. The number of aliphatic hydroxyl groups is 2. The van der Waals surface area contributed by atoms with Gasteiger partial charge in [0.25, 0.3) is 11.8 Å². The van der Waals surface area contributed by atoms with Crippen LogP contribution in [0.5, 0.6) is 0 Å². The molecule has 4 aromatic carbocycles. The van der Waals surface area contributed by atoms with Crippen LogP contribution in [0.3, 0.4) is 0 Å². The van der Waals surface area contributed by atoms with Gasteiger partial charge in [-0.25, -0.2) is 0 Å². The SMILES string of the molecule is Cc1ccc(NC(=O)c2ccnc(C(F)(F)F)c2)cc1-c1ccc2c(c1)N1CCOC[C@@H]1C[C@@H]2O.Cc1ccc(NC(=O)c2ccnc(C(F)(F)F)c2)cc1-c1ccc2c(c1)N1CCOC[C@H]1C[C@H]2O. The van der Waals surface area contributed by atoms with E-state index >= 15 is 0 Å². The molecule has 2 aromatic heterocycles. The third-order valence-electron chi connectivity index (χ3n) is 13.1. The van der Waals surface area contributed by atoms with Gasteiger partial charge in [-0.3, -0.25) is 19.6 Å². The van der Waals surface area contributed by atoms with Crippen molar-refractivity contribution >= 4 is 34.6 Å². The Hall–Kier alpha value is -6.86. The first-order valence-electron chi connectivity index (χ1n) is 22.7. The maximum absolute atomic E-state index is 13.0. The minimum absolute atomic E-state index is 0.121. The maximum atomic E-state index is 13.0. The predicted octanol–water partition coefficient (Wildman–Crippen LogP) is 9.94. The standard InChI is InChI=1S/2C26H24F3N3O3/c2*1-15-2-4-18(31-25(34)17-6-7-30-24(11-17)26(27,28)29)12-21(15)16-3-5-20-22(10-16)32-8-9-35-14-19(32)13-23(20)33/h2*2-7,10-12,19,23,33H,8-9,13-14H2,1H3,(H,31,34)/t2*19-,23-/m10/s1. The number of carbonyl (C=O) groups excluding carboxylic acids is 2. The summed E-state index contributed by atoms with van der Waals surface area (Å²) in [6, 6.07) is 26.8. The van der Waals surface area contributed by atoms with Crippen LogP contribution in [0.15, 0.2) is 109 Å². The van der Waals surface area contributed by atoms with Gasteiger partial charge in [-0.2, -0.15) is 26.3 Å². The fourth-order valence-electron chi connectivity index (χ4n) is 9.47. The number of nitrogens with one attached hydrogen (secondary N) is 2. The number of alkyl halides is 6. The third kappa shape index (κ3) is 10.2. The lowest BCUT2D eigenvalue weighted by Crippen LogP contribution is -2.49. The first kappa shape index (κ1) is 48.2. The van der Waals surface area contributed by atoms with Crippen LogP contribution in [0.25, 0.3) is 22.3 Å². The van der Waals surface area contributed by atoms with E-state index in [9.17, 15) is 46.1 Å². The average Bonchev–Trinajstić information content (AvgIpc) is 3.35. The molecule has 6 aromatic rings. The largest absolute Gasteiger partial charge is 0.433 e. The Kier molecular flexibility index (Phi) is 13.4. The number of pyridine rings is 2. The first-order chi connectivity index (χ1) is 33.4. The summed E-state index contributed by atoms with van der Waals surface area (Å²) in [5.74, 6) is -1.31. The molecule has 364 valence electrons. The Morgan fingerprint density at radius 3 is 1.40 bits per heavy atom. The van der Waals surface area contributed by atoms with Crippen LogP contribution in [0.2, 0.25) is 0 Å². The van der Waals surface area contributed by atoms with E-state index in [-0.39, 0.29) is 23.2 Å². The van der Waals surface area contributed by atoms with Crippen LogP contribution >= 0.6 is 0 Å². The Balaban J connectivity index is 0.000000174. The Bertz CT molecular complexity index is 2750. The van der Waals surface area contributed by atoms with Crippen LogP contribution < -0.4 is 20.4 Å². The van der Waals surface area contributed by atoms with E-state index in [2.05, 4.69) is 30.4 Å². The number of halogens is 6. The lowest BCUT2D eigenvalue weighted by atomic mass is 9.89. The molecular formula is C52H48F6N6O6. The van der Waals surface area contributed by atoms with Gasteiger partial charge in [-0.1, -0.05) is 36.4 Å². The molecule has 18 heteroatoms. The molecule has 6 heterocycles. The molecule has 4 aliphatic heterocycles. The number of fused-ring (bicyclic) bond motifs is 6. The molecule has 12 nitrogen and oxygen atoms in total. The van der Waals surface area contributed by atoms with Gasteiger partial charge in [0, 0.05) is 83.3 Å². The van der Waals surface area contributed by atoms with E-state index in [4.69, 9.17) is 9.47 Å². The quantitative estimate of drug-likeness (QED) is 0.119. The monoisotopic (exact) mass is 966 g/mol. The highest BCUT2D eigenvalue weighted by Crippen LogP contribution is 2.43. The molecule has 0 saturated carbocycles. The van der Waals surface area contributed by atoms with E-state index in [1.807, 2.05) is 62.4 Å². The third-order valence-corrected chi connectivity index (χ3v) is 13.1. The zero-order valence-electron chi connectivity index (χ0n) is 37.9. The molecule has 0 aliphatic carbocycles. The van der Waals surface area contributed by atoms with Crippen LogP contribution in [0.4, 0.5) is 49.1 Å². The maximum Gasteiger partial charge on any atom is 0.433 e. The fourth-order valence-corrected chi connectivity index (χ4v) is 9.47. The average molecular weight is 967 g/mol. The van der Waals surface area contributed by atoms with Gasteiger partial charge in [-0.05, 0) is 108 Å². The van der Waals surface area contributed by atoms with Crippen molar-refractivity contribution in [2.24, 2.45) is 0 Å². The van der Waals surface area contributed by atoms with Gasteiger partial charge in [0.2, 0.25) is 0 Å². The molecule has 2 fully saturated rings. The highest BCUT2D eigenvalue weighted by molar-refractivity contribution is 6.05.